The lowest BCUT2D eigenvalue weighted by atomic mass is 9.86. The van der Waals surface area contributed by atoms with Gasteiger partial charge < -0.3 is 15.8 Å². The summed E-state index contributed by atoms with van der Waals surface area (Å²) in [5.74, 6) is 0. The smallest absolute Gasteiger partial charge is 0.0574 e. The molecule has 0 bridgehead atoms. The number of nitrogens with one attached hydrogen (secondary N) is 1. The van der Waals surface area contributed by atoms with Crippen molar-refractivity contribution >= 4 is 5.69 Å². The van der Waals surface area contributed by atoms with Crippen LogP contribution < -0.4 is 11.1 Å². The molecule has 0 spiro atoms. The summed E-state index contributed by atoms with van der Waals surface area (Å²) in [6.45, 7) is 3.07. The summed E-state index contributed by atoms with van der Waals surface area (Å²) < 4.78 is 5.19. The molecule has 0 aliphatic carbocycles. The van der Waals surface area contributed by atoms with Gasteiger partial charge in [0.25, 0.3) is 0 Å². The van der Waals surface area contributed by atoms with Crippen molar-refractivity contribution in [3.8, 4) is 0 Å². The van der Waals surface area contributed by atoms with Crippen molar-refractivity contribution in [1.29, 1.82) is 0 Å². The molecule has 1 aliphatic rings. The molecule has 4 heteroatoms. The number of pyridine rings is 1. The molecular formula is C10H15N3O. The van der Waals surface area contributed by atoms with Gasteiger partial charge in [0.2, 0.25) is 0 Å². The Balaban J connectivity index is 1.88. The summed E-state index contributed by atoms with van der Waals surface area (Å²) in [6, 6.07) is 3.90. The van der Waals surface area contributed by atoms with Crippen LogP contribution in [0.2, 0.25) is 0 Å². The monoisotopic (exact) mass is 193 g/mol. The fourth-order valence-corrected chi connectivity index (χ4v) is 1.44. The van der Waals surface area contributed by atoms with Crippen molar-refractivity contribution in [3.63, 3.8) is 0 Å². The molecule has 3 N–H and O–H groups in total. The van der Waals surface area contributed by atoms with Gasteiger partial charge in [0.15, 0.2) is 0 Å². The molecule has 2 heterocycles. The first kappa shape index (κ1) is 9.43. The third-order valence-corrected chi connectivity index (χ3v) is 2.60. The minimum absolute atomic E-state index is 0.142. The van der Waals surface area contributed by atoms with Crippen molar-refractivity contribution in [2.24, 2.45) is 11.1 Å². The molecule has 0 aromatic carbocycles. The van der Waals surface area contributed by atoms with Gasteiger partial charge in [-0.1, -0.05) is 0 Å². The lowest BCUT2D eigenvalue weighted by Crippen LogP contribution is -2.52. The van der Waals surface area contributed by atoms with Crippen LogP contribution in [-0.4, -0.2) is 31.3 Å². The summed E-state index contributed by atoms with van der Waals surface area (Å²) in [5.41, 5.74) is 6.93. The molecule has 1 aromatic rings. The summed E-state index contributed by atoms with van der Waals surface area (Å²) in [6.07, 6.45) is 3.55. The summed E-state index contributed by atoms with van der Waals surface area (Å²) >= 11 is 0. The maximum absolute atomic E-state index is 5.70. The second-order valence-corrected chi connectivity index (χ2v) is 3.79. The predicted molar refractivity (Wildman–Crippen MR) is 55.0 cm³/mol. The SMILES string of the molecule is NCC1(CNc2ccncc2)COC1. The normalized spacial score (nSPS) is 18.6. The largest absolute Gasteiger partial charge is 0.384 e. The van der Waals surface area contributed by atoms with Crippen molar-refractivity contribution in [2.45, 2.75) is 0 Å². The van der Waals surface area contributed by atoms with E-state index >= 15 is 0 Å². The van der Waals surface area contributed by atoms with Crippen LogP contribution in [0, 0.1) is 5.41 Å². The Morgan fingerprint density at radius 2 is 2.14 bits per heavy atom. The number of hydrogen-bond donors (Lipinski definition) is 2. The molecule has 14 heavy (non-hydrogen) atoms. The van der Waals surface area contributed by atoms with E-state index in [1.165, 1.54) is 0 Å². The number of anilines is 1. The Labute approximate surface area is 83.5 Å². The highest BCUT2D eigenvalue weighted by Crippen LogP contribution is 2.26. The Bertz CT molecular complexity index is 279. The van der Waals surface area contributed by atoms with Crippen LogP contribution in [0.15, 0.2) is 24.5 Å². The van der Waals surface area contributed by atoms with E-state index in [0.717, 1.165) is 25.4 Å². The second-order valence-electron chi connectivity index (χ2n) is 3.79. The van der Waals surface area contributed by atoms with Crippen molar-refractivity contribution in [3.05, 3.63) is 24.5 Å². The zero-order valence-corrected chi connectivity index (χ0v) is 8.07. The minimum Gasteiger partial charge on any atom is -0.384 e. The van der Waals surface area contributed by atoms with E-state index in [9.17, 15) is 0 Å². The van der Waals surface area contributed by atoms with Crippen molar-refractivity contribution < 1.29 is 4.74 Å². The average Bonchev–Trinajstić information content (AvgIpc) is 2.19. The zero-order chi connectivity index (χ0) is 9.86. The van der Waals surface area contributed by atoms with Gasteiger partial charge in [0.05, 0.1) is 13.2 Å². The second kappa shape index (κ2) is 3.94. The molecule has 1 fully saturated rings. The van der Waals surface area contributed by atoms with E-state index in [1.54, 1.807) is 12.4 Å². The fourth-order valence-electron chi connectivity index (χ4n) is 1.44. The first-order valence-corrected chi connectivity index (χ1v) is 4.76. The summed E-state index contributed by atoms with van der Waals surface area (Å²) in [5, 5.41) is 3.34. The quantitative estimate of drug-likeness (QED) is 0.729. The standard InChI is InChI=1S/C10H15N3O/c11-5-10(7-14-8-10)6-13-9-1-3-12-4-2-9/h1-4H,5-8,11H2,(H,12,13). The Hall–Kier alpha value is -1.13. The number of nitrogens with two attached hydrogens (primary N) is 1. The molecule has 1 aromatic heterocycles. The third-order valence-electron chi connectivity index (χ3n) is 2.60. The molecule has 4 nitrogen and oxygen atoms in total. The Morgan fingerprint density at radius 1 is 1.43 bits per heavy atom. The third kappa shape index (κ3) is 1.86. The number of nitrogens with zero attached hydrogens (tertiary/aromatic N) is 1. The van der Waals surface area contributed by atoms with Crippen LogP contribution in [0.25, 0.3) is 0 Å². The first-order chi connectivity index (χ1) is 6.85. The minimum atomic E-state index is 0.142. The maximum atomic E-state index is 5.70. The van der Waals surface area contributed by atoms with Gasteiger partial charge in [-0.15, -0.1) is 0 Å². The Morgan fingerprint density at radius 3 is 2.64 bits per heavy atom. The van der Waals surface area contributed by atoms with Crippen molar-refractivity contribution in [1.82, 2.24) is 4.98 Å². The van der Waals surface area contributed by atoms with E-state index in [4.69, 9.17) is 10.5 Å². The van der Waals surface area contributed by atoms with Gasteiger partial charge in [-0.3, -0.25) is 4.98 Å². The molecular weight excluding hydrogens is 178 g/mol. The van der Waals surface area contributed by atoms with Gasteiger partial charge in [0.1, 0.15) is 0 Å². The molecule has 0 radical (unpaired) electrons. The fraction of sp³-hybridized carbons (Fsp3) is 0.500. The lowest BCUT2D eigenvalue weighted by Gasteiger charge is -2.40. The van der Waals surface area contributed by atoms with Crippen LogP contribution in [0.5, 0.6) is 0 Å². The number of ether oxygens (including phenoxy) is 1. The van der Waals surface area contributed by atoms with E-state index in [0.29, 0.717) is 6.54 Å². The topological polar surface area (TPSA) is 60.2 Å². The molecule has 0 amide bonds. The van der Waals surface area contributed by atoms with E-state index in [1.807, 2.05) is 12.1 Å². The highest BCUT2D eigenvalue weighted by atomic mass is 16.5. The molecule has 2 rings (SSSR count). The molecule has 0 saturated carbocycles. The van der Waals surface area contributed by atoms with Gasteiger partial charge in [-0.05, 0) is 12.1 Å². The lowest BCUT2D eigenvalue weighted by molar-refractivity contribution is -0.0979. The van der Waals surface area contributed by atoms with Crippen LogP contribution >= 0.6 is 0 Å². The van der Waals surface area contributed by atoms with E-state index < -0.39 is 0 Å². The van der Waals surface area contributed by atoms with Gasteiger partial charge in [-0.25, -0.2) is 0 Å². The van der Waals surface area contributed by atoms with Crippen LogP contribution in [-0.2, 0) is 4.74 Å². The van der Waals surface area contributed by atoms with Gasteiger partial charge in [0, 0.05) is 36.6 Å². The molecule has 0 atom stereocenters. The van der Waals surface area contributed by atoms with E-state index in [2.05, 4.69) is 10.3 Å². The number of rotatable bonds is 4. The Kier molecular flexibility index (Phi) is 2.65. The predicted octanol–water partition coefficient (Wildman–Crippen LogP) is 0.469. The number of hydrogen-bond acceptors (Lipinski definition) is 4. The molecule has 1 aliphatic heterocycles. The van der Waals surface area contributed by atoms with Crippen LogP contribution in [0.1, 0.15) is 0 Å². The highest BCUT2D eigenvalue weighted by Gasteiger charge is 2.36. The van der Waals surface area contributed by atoms with Gasteiger partial charge in [-0.2, -0.15) is 0 Å². The van der Waals surface area contributed by atoms with Crippen molar-refractivity contribution in [2.75, 3.05) is 31.6 Å². The van der Waals surface area contributed by atoms with Gasteiger partial charge >= 0.3 is 0 Å². The summed E-state index contributed by atoms with van der Waals surface area (Å²) in [7, 11) is 0. The molecule has 76 valence electrons. The zero-order valence-electron chi connectivity index (χ0n) is 8.07. The van der Waals surface area contributed by atoms with Crippen LogP contribution in [0.4, 0.5) is 5.69 Å². The maximum Gasteiger partial charge on any atom is 0.0574 e. The highest BCUT2D eigenvalue weighted by molar-refractivity contribution is 5.41. The van der Waals surface area contributed by atoms with Crippen LogP contribution in [0.3, 0.4) is 0 Å². The first-order valence-electron chi connectivity index (χ1n) is 4.76. The number of aromatic nitrogens is 1. The summed E-state index contributed by atoms with van der Waals surface area (Å²) in [4.78, 5) is 3.95. The average molecular weight is 193 g/mol. The molecule has 0 unspecified atom stereocenters. The van der Waals surface area contributed by atoms with E-state index in [-0.39, 0.29) is 5.41 Å². The molecule has 1 saturated heterocycles.